The average Bonchev–Trinajstić information content (AvgIpc) is 2.61. The molecule has 5 nitrogen and oxygen atoms in total. The molecule has 0 saturated heterocycles. The van der Waals surface area contributed by atoms with Crippen molar-refractivity contribution in [1.82, 2.24) is 0 Å². The Morgan fingerprint density at radius 1 is 1.30 bits per heavy atom. The fourth-order valence-corrected chi connectivity index (χ4v) is 4.21. The molecular weight excluding hydrogens is 360 g/mol. The van der Waals surface area contributed by atoms with Crippen LogP contribution in [0.25, 0.3) is 5.57 Å². The molecule has 3 rings (SSSR count). The molecule has 6 heteroatoms. The van der Waals surface area contributed by atoms with E-state index in [1.165, 1.54) is 18.0 Å². The minimum Gasteiger partial charge on any atom is -0.618 e. The second-order valence-corrected chi connectivity index (χ2v) is 7.97. The molecule has 1 aliphatic heterocycles. The average molecular weight is 385 g/mol. The largest absolute Gasteiger partial charge is 0.618 e. The fraction of sp³-hybridized carbons (Fsp3) is 0.333. The number of carbonyl (C=O) groups excluding carboxylic acids is 1. The number of benzene rings is 1. The van der Waals surface area contributed by atoms with Gasteiger partial charge in [-0.05, 0) is 69.3 Å². The van der Waals surface area contributed by atoms with Gasteiger partial charge in [-0.15, -0.1) is 0 Å². The predicted molar refractivity (Wildman–Crippen MR) is 109 cm³/mol. The minimum absolute atomic E-state index is 0.0389. The standard InChI is InChI=1S/C21H24N2O3S/c1-5-26-16-9-10-18-17(12-16)15(2)13-21(3,4)23(18)19(24)14-27-20-8-6-7-11-22(20)25/h6-13H,5,14H2,1-4H3. The lowest BCUT2D eigenvalue weighted by molar-refractivity contribution is -0.645. The monoisotopic (exact) mass is 384 g/mol. The highest BCUT2D eigenvalue weighted by Gasteiger charge is 2.36. The first-order valence-corrected chi connectivity index (χ1v) is 9.93. The van der Waals surface area contributed by atoms with E-state index in [2.05, 4.69) is 13.0 Å². The first kappa shape index (κ1) is 19.3. The molecule has 142 valence electrons. The summed E-state index contributed by atoms with van der Waals surface area (Å²) in [5.74, 6) is 0.944. The van der Waals surface area contributed by atoms with E-state index in [-0.39, 0.29) is 11.7 Å². The number of aromatic nitrogens is 1. The third-order valence-electron chi connectivity index (χ3n) is 4.47. The van der Waals surface area contributed by atoms with Crippen molar-refractivity contribution in [3.63, 3.8) is 0 Å². The molecule has 1 aromatic heterocycles. The summed E-state index contributed by atoms with van der Waals surface area (Å²) in [6.07, 6.45) is 3.54. The highest BCUT2D eigenvalue weighted by molar-refractivity contribution is 7.99. The van der Waals surface area contributed by atoms with Crippen molar-refractivity contribution in [2.75, 3.05) is 17.3 Å². The summed E-state index contributed by atoms with van der Waals surface area (Å²) < 4.78 is 6.40. The van der Waals surface area contributed by atoms with E-state index >= 15 is 0 Å². The van der Waals surface area contributed by atoms with Crippen LogP contribution in [-0.4, -0.2) is 23.8 Å². The number of thioether (sulfide) groups is 1. The number of pyridine rings is 1. The molecule has 2 heterocycles. The van der Waals surface area contributed by atoms with Crippen molar-refractivity contribution in [3.05, 3.63) is 59.4 Å². The lowest BCUT2D eigenvalue weighted by atomic mass is 9.88. The topological polar surface area (TPSA) is 56.5 Å². The Morgan fingerprint density at radius 2 is 2.07 bits per heavy atom. The number of carbonyl (C=O) groups is 1. The molecule has 2 aromatic rings. The van der Waals surface area contributed by atoms with E-state index in [1.807, 2.05) is 43.9 Å². The molecule has 1 aliphatic rings. The van der Waals surface area contributed by atoms with Crippen LogP contribution in [0.15, 0.2) is 53.7 Å². The zero-order valence-electron chi connectivity index (χ0n) is 16.1. The maximum absolute atomic E-state index is 13.1. The van der Waals surface area contributed by atoms with Crippen LogP contribution in [0.3, 0.4) is 0 Å². The zero-order chi connectivity index (χ0) is 19.6. The normalized spacial score (nSPS) is 15.1. The zero-order valence-corrected chi connectivity index (χ0v) is 16.9. The SMILES string of the molecule is CCOc1ccc2c(c1)C(C)=CC(C)(C)N2C(=O)CSc1cccc[n+]1[O-]. The number of hydrogen-bond donors (Lipinski definition) is 0. The van der Waals surface area contributed by atoms with E-state index < -0.39 is 5.54 Å². The number of allylic oxidation sites excluding steroid dienone is 1. The molecule has 27 heavy (non-hydrogen) atoms. The molecule has 0 saturated carbocycles. The minimum atomic E-state index is -0.452. The highest BCUT2D eigenvalue weighted by atomic mass is 32.2. The summed E-state index contributed by atoms with van der Waals surface area (Å²) in [6, 6.07) is 11.0. The van der Waals surface area contributed by atoms with E-state index in [1.54, 1.807) is 18.2 Å². The van der Waals surface area contributed by atoms with Crippen LogP contribution in [0.1, 0.15) is 33.3 Å². The Balaban J connectivity index is 1.90. The van der Waals surface area contributed by atoms with Crippen molar-refractivity contribution in [2.24, 2.45) is 0 Å². The van der Waals surface area contributed by atoms with Gasteiger partial charge in [-0.2, -0.15) is 4.73 Å². The molecule has 0 aliphatic carbocycles. The molecule has 0 atom stereocenters. The Bertz CT molecular complexity index is 893. The first-order chi connectivity index (χ1) is 12.8. The summed E-state index contributed by atoms with van der Waals surface area (Å²) in [4.78, 5) is 14.9. The molecule has 0 unspecified atom stereocenters. The van der Waals surface area contributed by atoms with Crippen molar-refractivity contribution >= 4 is 28.9 Å². The van der Waals surface area contributed by atoms with Crippen LogP contribution in [0.2, 0.25) is 0 Å². The Kier molecular flexibility index (Phi) is 5.46. The maximum Gasteiger partial charge on any atom is 0.251 e. The summed E-state index contributed by atoms with van der Waals surface area (Å²) in [7, 11) is 0. The van der Waals surface area contributed by atoms with E-state index in [4.69, 9.17) is 4.74 Å². The summed E-state index contributed by atoms with van der Waals surface area (Å²) in [5, 5.41) is 12.3. The Labute approximate surface area is 164 Å². The van der Waals surface area contributed by atoms with Gasteiger partial charge in [0, 0.05) is 17.7 Å². The number of fused-ring (bicyclic) bond motifs is 1. The second-order valence-electron chi connectivity index (χ2n) is 6.98. The van der Waals surface area contributed by atoms with Crippen LogP contribution >= 0.6 is 11.8 Å². The number of nitrogens with zero attached hydrogens (tertiary/aromatic N) is 2. The van der Waals surface area contributed by atoms with Crippen LogP contribution in [0.5, 0.6) is 5.75 Å². The molecular formula is C21H24N2O3S. The van der Waals surface area contributed by atoms with Gasteiger partial charge in [0.05, 0.1) is 23.6 Å². The molecule has 0 fully saturated rings. The lowest BCUT2D eigenvalue weighted by Gasteiger charge is -2.41. The molecule has 1 aromatic carbocycles. The van der Waals surface area contributed by atoms with E-state index in [0.717, 1.165) is 27.3 Å². The van der Waals surface area contributed by atoms with Crippen LogP contribution in [0, 0.1) is 5.21 Å². The summed E-state index contributed by atoms with van der Waals surface area (Å²) in [5.41, 5.74) is 2.54. The van der Waals surface area contributed by atoms with Crippen molar-refractivity contribution in [2.45, 2.75) is 38.3 Å². The van der Waals surface area contributed by atoms with Gasteiger partial charge in [-0.1, -0.05) is 6.08 Å². The third kappa shape index (κ3) is 3.95. The van der Waals surface area contributed by atoms with Crippen LogP contribution < -0.4 is 14.4 Å². The number of rotatable bonds is 5. The number of ether oxygens (including phenoxy) is 1. The van der Waals surface area contributed by atoms with Gasteiger partial charge in [-0.3, -0.25) is 4.79 Å². The summed E-state index contributed by atoms with van der Waals surface area (Å²) >= 11 is 1.25. The van der Waals surface area contributed by atoms with Crippen molar-refractivity contribution < 1.29 is 14.3 Å². The van der Waals surface area contributed by atoms with Crippen molar-refractivity contribution in [3.8, 4) is 5.75 Å². The van der Waals surface area contributed by atoms with Gasteiger partial charge in [0.25, 0.3) is 5.03 Å². The first-order valence-electron chi connectivity index (χ1n) is 8.94. The number of anilines is 1. The van der Waals surface area contributed by atoms with Gasteiger partial charge in [0.15, 0.2) is 6.20 Å². The third-order valence-corrected chi connectivity index (χ3v) is 5.48. The second kappa shape index (κ2) is 7.64. The van der Waals surface area contributed by atoms with Crippen LogP contribution in [-0.2, 0) is 4.79 Å². The van der Waals surface area contributed by atoms with Gasteiger partial charge in [0.2, 0.25) is 5.91 Å². The smallest absolute Gasteiger partial charge is 0.251 e. The van der Waals surface area contributed by atoms with E-state index in [9.17, 15) is 10.0 Å². The predicted octanol–water partition coefficient (Wildman–Crippen LogP) is 4.04. The Hall–Kier alpha value is -2.47. The molecule has 0 bridgehead atoms. The fourth-order valence-electron chi connectivity index (χ4n) is 3.45. The number of hydrogen-bond acceptors (Lipinski definition) is 4. The van der Waals surface area contributed by atoms with Gasteiger partial charge in [-0.25, -0.2) is 0 Å². The van der Waals surface area contributed by atoms with Gasteiger partial charge < -0.3 is 14.8 Å². The molecule has 0 radical (unpaired) electrons. The molecule has 1 amide bonds. The Morgan fingerprint density at radius 3 is 2.78 bits per heavy atom. The van der Waals surface area contributed by atoms with E-state index in [0.29, 0.717) is 11.6 Å². The summed E-state index contributed by atoms with van der Waals surface area (Å²) in [6.45, 7) is 8.64. The molecule has 0 N–H and O–H groups in total. The van der Waals surface area contributed by atoms with Crippen molar-refractivity contribution in [1.29, 1.82) is 0 Å². The van der Waals surface area contributed by atoms with Gasteiger partial charge >= 0.3 is 0 Å². The maximum atomic E-state index is 13.1. The quantitative estimate of drug-likeness (QED) is 0.443. The highest BCUT2D eigenvalue weighted by Crippen LogP contribution is 2.41. The van der Waals surface area contributed by atoms with Gasteiger partial charge in [0.1, 0.15) is 5.75 Å². The lowest BCUT2D eigenvalue weighted by Crippen LogP contribution is -2.49. The van der Waals surface area contributed by atoms with Crippen LogP contribution in [0.4, 0.5) is 5.69 Å². The molecule has 0 spiro atoms. The number of amides is 1.